The third-order valence-electron chi connectivity index (χ3n) is 3.28. The number of benzene rings is 1. The summed E-state index contributed by atoms with van der Waals surface area (Å²) < 4.78 is 12.8. The predicted octanol–water partition coefficient (Wildman–Crippen LogP) is 3.02. The van der Waals surface area contributed by atoms with Crippen LogP contribution in [0, 0.1) is 18.7 Å². The van der Waals surface area contributed by atoms with E-state index in [-0.39, 0.29) is 5.82 Å². The molecule has 0 heterocycles. The summed E-state index contributed by atoms with van der Waals surface area (Å²) in [7, 11) is 0. The van der Waals surface area contributed by atoms with E-state index in [1.165, 1.54) is 30.9 Å². The molecule has 0 aromatic heterocycles. The number of nitrogens with one attached hydrogen (secondary N) is 1. The van der Waals surface area contributed by atoms with Crippen molar-refractivity contribution in [3.8, 4) is 0 Å². The van der Waals surface area contributed by atoms with Crippen molar-refractivity contribution in [1.82, 2.24) is 5.32 Å². The minimum absolute atomic E-state index is 0.143. The summed E-state index contributed by atoms with van der Waals surface area (Å²) in [5, 5.41) is 3.44. The van der Waals surface area contributed by atoms with E-state index < -0.39 is 0 Å². The Hall–Kier alpha value is -0.890. The molecule has 0 unspecified atom stereocenters. The quantitative estimate of drug-likeness (QED) is 0.800. The summed E-state index contributed by atoms with van der Waals surface area (Å²) in [5.74, 6) is 0.737. The van der Waals surface area contributed by atoms with Crippen LogP contribution in [0.15, 0.2) is 18.2 Å². The van der Waals surface area contributed by atoms with Crippen LogP contribution in [0.1, 0.15) is 30.4 Å². The molecular formula is C13H18FN. The van der Waals surface area contributed by atoms with E-state index in [9.17, 15) is 4.39 Å². The minimum atomic E-state index is -0.143. The summed E-state index contributed by atoms with van der Waals surface area (Å²) in [4.78, 5) is 0. The Labute approximate surface area is 90.7 Å². The Balaban J connectivity index is 1.81. The molecule has 0 aliphatic heterocycles. The van der Waals surface area contributed by atoms with Gasteiger partial charge in [-0.25, -0.2) is 4.39 Å². The first-order chi connectivity index (χ1) is 7.25. The molecule has 1 fully saturated rings. The van der Waals surface area contributed by atoms with Crippen LogP contribution in [0.4, 0.5) is 4.39 Å². The van der Waals surface area contributed by atoms with E-state index in [1.807, 2.05) is 13.0 Å². The summed E-state index contributed by atoms with van der Waals surface area (Å²) in [5.41, 5.74) is 2.24. The zero-order valence-electron chi connectivity index (χ0n) is 9.22. The fourth-order valence-corrected chi connectivity index (χ4v) is 1.97. The molecule has 0 spiro atoms. The van der Waals surface area contributed by atoms with Crippen LogP contribution in [-0.2, 0) is 6.54 Å². The van der Waals surface area contributed by atoms with Crippen LogP contribution in [0.2, 0.25) is 0 Å². The topological polar surface area (TPSA) is 12.0 Å². The van der Waals surface area contributed by atoms with Crippen LogP contribution >= 0.6 is 0 Å². The molecule has 0 bridgehead atoms. The molecule has 0 saturated heterocycles. The molecule has 15 heavy (non-hydrogen) atoms. The third-order valence-corrected chi connectivity index (χ3v) is 3.28. The monoisotopic (exact) mass is 207 g/mol. The van der Waals surface area contributed by atoms with E-state index in [1.54, 1.807) is 6.07 Å². The first-order valence-corrected chi connectivity index (χ1v) is 5.71. The minimum Gasteiger partial charge on any atom is -0.312 e. The van der Waals surface area contributed by atoms with Crippen LogP contribution in [0.25, 0.3) is 0 Å². The summed E-state index contributed by atoms with van der Waals surface area (Å²) in [6, 6.07) is 5.01. The molecule has 1 aromatic carbocycles. The SMILES string of the molecule is Cc1cc(F)ccc1CNCC1CCC1. The number of aryl methyl sites for hydroxylation is 1. The van der Waals surface area contributed by atoms with Gasteiger partial charge < -0.3 is 5.32 Å². The highest BCUT2D eigenvalue weighted by Crippen LogP contribution is 2.25. The lowest BCUT2D eigenvalue weighted by molar-refractivity contribution is 0.301. The van der Waals surface area contributed by atoms with Crippen molar-refractivity contribution in [1.29, 1.82) is 0 Å². The normalized spacial score (nSPS) is 16.4. The van der Waals surface area contributed by atoms with Crippen LogP contribution in [0.5, 0.6) is 0 Å². The standard InChI is InChI=1S/C13H18FN/c1-10-7-13(14)6-5-12(10)9-15-8-11-3-2-4-11/h5-7,11,15H,2-4,8-9H2,1H3. The van der Waals surface area contributed by atoms with Crippen molar-refractivity contribution in [2.24, 2.45) is 5.92 Å². The molecule has 1 aliphatic rings. The molecule has 1 N–H and O–H groups in total. The number of hydrogen-bond donors (Lipinski definition) is 1. The molecule has 1 aromatic rings. The molecule has 0 radical (unpaired) electrons. The average molecular weight is 207 g/mol. The summed E-state index contributed by atoms with van der Waals surface area (Å²) >= 11 is 0. The first-order valence-electron chi connectivity index (χ1n) is 5.71. The van der Waals surface area contributed by atoms with E-state index in [0.717, 1.165) is 24.6 Å². The molecule has 0 amide bonds. The lowest BCUT2D eigenvalue weighted by Crippen LogP contribution is -2.27. The van der Waals surface area contributed by atoms with Crippen molar-refractivity contribution < 1.29 is 4.39 Å². The Bertz CT molecular complexity index is 331. The number of halogens is 1. The molecule has 82 valence electrons. The van der Waals surface area contributed by atoms with Gasteiger partial charge in [0.2, 0.25) is 0 Å². The molecule has 1 aliphatic carbocycles. The Morgan fingerprint density at radius 2 is 2.20 bits per heavy atom. The highest BCUT2D eigenvalue weighted by Gasteiger charge is 2.16. The molecule has 2 heteroatoms. The van der Waals surface area contributed by atoms with Gasteiger partial charge in [-0.15, -0.1) is 0 Å². The van der Waals surface area contributed by atoms with Gasteiger partial charge in [0, 0.05) is 6.54 Å². The van der Waals surface area contributed by atoms with Crippen molar-refractivity contribution in [3.05, 3.63) is 35.1 Å². The number of hydrogen-bond acceptors (Lipinski definition) is 1. The Morgan fingerprint density at radius 1 is 1.40 bits per heavy atom. The summed E-state index contributed by atoms with van der Waals surface area (Å²) in [6.07, 6.45) is 4.13. The second-order valence-electron chi connectivity index (χ2n) is 4.50. The van der Waals surface area contributed by atoms with Crippen molar-refractivity contribution in [2.75, 3.05) is 6.54 Å². The molecule has 0 atom stereocenters. The maximum Gasteiger partial charge on any atom is 0.123 e. The van der Waals surface area contributed by atoms with E-state index in [0.29, 0.717) is 0 Å². The molecule has 1 nitrogen and oxygen atoms in total. The molecular weight excluding hydrogens is 189 g/mol. The van der Waals surface area contributed by atoms with Crippen molar-refractivity contribution in [2.45, 2.75) is 32.7 Å². The average Bonchev–Trinajstić information content (AvgIpc) is 2.12. The predicted molar refractivity (Wildman–Crippen MR) is 60.2 cm³/mol. The van der Waals surface area contributed by atoms with Gasteiger partial charge in [-0.2, -0.15) is 0 Å². The highest BCUT2D eigenvalue weighted by molar-refractivity contribution is 5.26. The van der Waals surface area contributed by atoms with Crippen molar-refractivity contribution >= 4 is 0 Å². The number of rotatable bonds is 4. The zero-order valence-corrected chi connectivity index (χ0v) is 9.22. The van der Waals surface area contributed by atoms with E-state index in [2.05, 4.69) is 5.32 Å². The van der Waals surface area contributed by atoms with Gasteiger partial charge >= 0.3 is 0 Å². The van der Waals surface area contributed by atoms with Crippen molar-refractivity contribution in [3.63, 3.8) is 0 Å². The van der Waals surface area contributed by atoms with Crippen LogP contribution in [-0.4, -0.2) is 6.54 Å². The van der Waals surface area contributed by atoms with Crippen LogP contribution in [0.3, 0.4) is 0 Å². The third kappa shape index (κ3) is 2.78. The maximum absolute atomic E-state index is 12.8. The fraction of sp³-hybridized carbons (Fsp3) is 0.538. The Kier molecular flexibility index (Phi) is 3.37. The van der Waals surface area contributed by atoms with Gasteiger partial charge in [-0.1, -0.05) is 12.5 Å². The second-order valence-corrected chi connectivity index (χ2v) is 4.50. The molecule has 2 rings (SSSR count). The lowest BCUT2D eigenvalue weighted by atomic mass is 9.85. The van der Waals surface area contributed by atoms with Gasteiger partial charge in [-0.3, -0.25) is 0 Å². The first kappa shape index (κ1) is 10.6. The maximum atomic E-state index is 12.8. The summed E-state index contributed by atoms with van der Waals surface area (Å²) in [6.45, 7) is 3.93. The van der Waals surface area contributed by atoms with Gasteiger partial charge in [0.1, 0.15) is 5.82 Å². The molecule has 1 saturated carbocycles. The van der Waals surface area contributed by atoms with Gasteiger partial charge in [0.05, 0.1) is 0 Å². The second kappa shape index (κ2) is 4.75. The lowest BCUT2D eigenvalue weighted by Gasteiger charge is -2.25. The van der Waals surface area contributed by atoms with E-state index in [4.69, 9.17) is 0 Å². The highest BCUT2D eigenvalue weighted by atomic mass is 19.1. The smallest absolute Gasteiger partial charge is 0.123 e. The largest absolute Gasteiger partial charge is 0.312 e. The van der Waals surface area contributed by atoms with Gasteiger partial charge in [0.25, 0.3) is 0 Å². The fourth-order valence-electron chi connectivity index (χ4n) is 1.97. The zero-order chi connectivity index (χ0) is 10.7. The van der Waals surface area contributed by atoms with Gasteiger partial charge in [-0.05, 0) is 55.5 Å². The van der Waals surface area contributed by atoms with Crippen LogP contribution < -0.4 is 5.32 Å². The Morgan fingerprint density at radius 3 is 2.80 bits per heavy atom. The van der Waals surface area contributed by atoms with E-state index >= 15 is 0 Å². The van der Waals surface area contributed by atoms with Gasteiger partial charge in [0.15, 0.2) is 0 Å².